The summed E-state index contributed by atoms with van der Waals surface area (Å²) in [6.07, 6.45) is 2.11. The molecule has 1 aromatic heterocycles. The smallest absolute Gasteiger partial charge is 0.105 e. The minimum absolute atomic E-state index is 0.182. The van der Waals surface area contributed by atoms with E-state index in [0.29, 0.717) is 5.92 Å². The second kappa shape index (κ2) is 4.99. The summed E-state index contributed by atoms with van der Waals surface area (Å²) >= 11 is 0. The van der Waals surface area contributed by atoms with Gasteiger partial charge >= 0.3 is 0 Å². The molecule has 1 saturated heterocycles. The second-order valence-corrected chi connectivity index (χ2v) is 4.46. The minimum atomic E-state index is 0.182. The van der Waals surface area contributed by atoms with E-state index in [1.165, 1.54) is 5.56 Å². The molecule has 2 rings (SSSR count). The summed E-state index contributed by atoms with van der Waals surface area (Å²) < 4.78 is 10.9. The quantitative estimate of drug-likeness (QED) is 0.607. The zero-order valence-corrected chi connectivity index (χ0v) is 9.95. The van der Waals surface area contributed by atoms with Gasteiger partial charge in [0, 0.05) is 18.8 Å². The Balaban J connectivity index is 2.17. The van der Waals surface area contributed by atoms with Gasteiger partial charge in [0.05, 0.1) is 6.04 Å². The molecule has 1 atom stereocenters. The van der Waals surface area contributed by atoms with Gasteiger partial charge in [-0.05, 0) is 38.7 Å². The van der Waals surface area contributed by atoms with E-state index < -0.39 is 0 Å². The van der Waals surface area contributed by atoms with E-state index in [2.05, 4.69) is 11.5 Å². The molecule has 0 saturated carbocycles. The molecule has 0 spiro atoms. The summed E-state index contributed by atoms with van der Waals surface area (Å²) in [5.74, 6) is 8.13. The summed E-state index contributed by atoms with van der Waals surface area (Å²) in [6.45, 7) is 5.62. The fourth-order valence-electron chi connectivity index (χ4n) is 2.49. The summed E-state index contributed by atoms with van der Waals surface area (Å²) in [4.78, 5) is 0. The standard InChI is InChI=1S/C12H20N2O2/c1-8-7-11(9(2)16-8)12(14-13)10-3-5-15-6-4-10/h7,10,12,14H,3-6,13H2,1-2H3. The van der Waals surface area contributed by atoms with Crippen LogP contribution in [0.2, 0.25) is 0 Å². The maximum absolute atomic E-state index is 5.68. The highest BCUT2D eigenvalue weighted by Gasteiger charge is 2.27. The number of rotatable bonds is 3. The Bertz CT molecular complexity index is 343. The average molecular weight is 224 g/mol. The largest absolute Gasteiger partial charge is 0.466 e. The molecule has 90 valence electrons. The molecule has 0 bridgehead atoms. The van der Waals surface area contributed by atoms with E-state index in [1.807, 2.05) is 13.8 Å². The maximum atomic E-state index is 5.68. The van der Waals surface area contributed by atoms with Gasteiger partial charge < -0.3 is 9.15 Å². The molecule has 0 aromatic carbocycles. The normalized spacial score (nSPS) is 19.9. The van der Waals surface area contributed by atoms with E-state index in [9.17, 15) is 0 Å². The zero-order valence-electron chi connectivity index (χ0n) is 9.95. The third kappa shape index (κ3) is 2.29. The monoisotopic (exact) mass is 224 g/mol. The lowest BCUT2D eigenvalue weighted by atomic mass is 9.87. The second-order valence-electron chi connectivity index (χ2n) is 4.46. The first kappa shape index (κ1) is 11.6. The molecule has 1 aliphatic rings. The van der Waals surface area contributed by atoms with Crippen molar-refractivity contribution in [1.29, 1.82) is 0 Å². The van der Waals surface area contributed by atoms with Crippen LogP contribution in [-0.2, 0) is 4.74 Å². The Labute approximate surface area is 96.1 Å². The van der Waals surface area contributed by atoms with Crippen LogP contribution in [0.5, 0.6) is 0 Å². The van der Waals surface area contributed by atoms with Gasteiger partial charge in [0.15, 0.2) is 0 Å². The van der Waals surface area contributed by atoms with Gasteiger partial charge in [-0.1, -0.05) is 0 Å². The number of aryl methyl sites for hydroxylation is 2. The van der Waals surface area contributed by atoms with Gasteiger partial charge in [-0.3, -0.25) is 11.3 Å². The number of nitrogens with one attached hydrogen (secondary N) is 1. The number of nitrogens with two attached hydrogens (primary N) is 1. The fourth-order valence-corrected chi connectivity index (χ4v) is 2.49. The van der Waals surface area contributed by atoms with Crippen LogP contribution >= 0.6 is 0 Å². The topological polar surface area (TPSA) is 60.4 Å². The van der Waals surface area contributed by atoms with Crippen LogP contribution in [0.3, 0.4) is 0 Å². The molecule has 0 amide bonds. The van der Waals surface area contributed by atoms with Crippen molar-refractivity contribution in [3.05, 3.63) is 23.2 Å². The number of hydrogen-bond donors (Lipinski definition) is 2. The third-order valence-corrected chi connectivity index (χ3v) is 3.33. The van der Waals surface area contributed by atoms with Crippen molar-refractivity contribution in [3.8, 4) is 0 Å². The van der Waals surface area contributed by atoms with Crippen molar-refractivity contribution in [2.75, 3.05) is 13.2 Å². The minimum Gasteiger partial charge on any atom is -0.466 e. The summed E-state index contributed by atoms with van der Waals surface area (Å²) in [5, 5.41) is 0. The van der Waals surface area contributed by atoms with Crippen molar-refractivity contribution in [1.82, 2.24) is 5.43 Å². The molecule has 4 heteroatoms. The maximum Gasteiger partial charge on any atom is 0.105 e. The van der Waals surface area contributed by atoms with Gasteiger partial charge in [0.2, 0.25) is 0 Å². The van der Waals surface area contributed by atoms with Crippen molar-refractivity contribution in [2.24, 2.45) is 11.8 Å². The van der Waals surface area contributed by atoms with Crippen LogP contribution in [0.1, 0.15) is 36.0 Å². The first-order valence-electron chi connectivity index (χ1n) is 5.83. The van der Waals surface area contributed by atoms with Crippen molar-refractivity contribution in [2.45, 2.75) is 32.7 Å². The lowest BCUT2D eigenvalue weighted by Gasteiger charge is -2.29. The molecule has 1 aliphatic heterocycles. The summed E-state index contributed by atoms with van der Waals surface area (Å²) in [5.41, 5.74) is 4.11. The predicted octanol–water partition coefficient (Wildman–Crippen LogP) is 1.83. The average Bonchev–Trinajstić information content (AvgIpc) is 2.61. The summed E-state index contributed by atoms with van der Waals surface area (Å²) in [6, 6.07) is 2.26. The van der Waals surface area contributed by atoms with Crippen LogP contribution in [-0.4, -0.2) is 13.2 Å². The number of hydrogen-bond acceptors (Lipinski definition) is 4. The molecule has 16 heavy (non-hydrogen) atoms. The fraction of sp³-hybridized carbons (Fsp3) is 0.667. The molecule has 4 nitrogen and oxygen atoms in total. The molecule has 2 heterocycles. The number of ether oxygens (including phenoxy) is 1. The Kier molecular flexibility index (Phi) is 3.63. The Morgan fingerprint density at radius 2 is 2.06 bits per heavy atom. The number of furan rings is 1. The zero-order chi connectivity index (χ0) is 11.5. The SMILES string of the molecule is Cc1cc(C(NN)C2CCOCC2)c(C)o1. The molecule has 1 fully saturated rings. The van der Waals surface area contributed by atoms with E-state index >= 15 is 0 Å². The molecule has 3 N–H and O–H groups in total. The Hall–Kier alpha value is -0.840. The van der Waals surface area contributed by atoms with Crippen LogP contribution in [0.15, 0.2) is 10.5 Å². The van der Waals surface area contributed by atoms with Gasteiger partial charge in [-0.15, -0.1) is 0 Å². The van der Waals surface area contributed by atoms with Crippen LogP contribution < -0.4 is 11.3 Å². The van der Waals surface area contributed by atoms with Crippen LogP contribution in [0.4, 0.5) is 0 Å². The van der Waals surface area contributed by atoms with Gasteiger partial charge in [-0.2, -0.15) is 0 Å². The molecule has 0 aliphatic carbocycles. The van der Waals surface area contributed by atoms with Crippen LogP contribution in [0, 0.1) is 19.8 Å². The summed E-state index contributed by atoms with van der Waals surface area (Å²) in [7, 11) is 0. The molecular weight excluding hydrogens is 204 g/mol. The van der Waals surface area contributed by atoms with Crippen molar-refractivity contribution in [3.63, 3.8) is 0 Å². The lowest BCUT2D eigenvalue weighted by molar-refractivity contribution is 0.0534. The highest BCUT2D eigenvalue weighted by atomic mass is 16.5. The first-order chi connectivity index (χ1) is 7.72. The molecule has 1 aromatic rings. The lowest BCUT2D eigenvalue weighted by Crippen LogP contribution is -2.36. The van der Waals surface area contributed by atoms with E-state index in [1.54, 1.807) is 0 Å². The van der Waals surface area contributed by atoms with E-state index in [-0.39, 0.29) is 6.04 Å². The molecule has 0 radical (unpaired) electrons. The van der Waals surface area contributed by atoms with Gasteiger partial charge in [0.1, 0.15) is 11.5 Å². The Morgan fingerprint density at radius 3 is 2.56 bits per heavy atom. The van der Waals surface area contributed by atoms with Crippen LogP contribution in [0.25, 0.3) is 0 Å². The van der Waals surface area contributed by atoms with E-state index in [4.69, 9.17) is 15.0 Å². The van der Waals surface area contributed by atoms with Crippen molar-refractivity contribution < 1.29 is 9.15 Å². The van der Waals surface area contributed by atoms with Gasteiger partial charge in [0.25, 0.3) is 0 Å². The highest BCUT2D eigenvalue weighted by Crippen LogP contribution is 2.32. The van der Waals surface area contributed by atoms with E-state index in [0.717, 1.165) is 37.6 Å². The molecular formula is C12H20N2O2. The third-order valence-electron chi connectivity index (χ3n) is 3.33. The predicted molar refractivity (Wildman–Crippen MR) is 61.8 cm³/mol. The van der Waals surface area contributed by atoms with Gasteiger partial charge in [-0.25, -0.2) is 0 Å². The molecule has 1 unspecified atom stereocenters. The first-order valence-corrected chi connectivity index (χ1v) is 5.83. The highest BCUT2D eigenvalue weighted by molar-refractivity contribution is 5.24. The number of hydrazine groups is 1. The Morgan fingerprint density at radius 1 is 1.38 bits per heavy atom. The van der Waals surface area contributed by atoms with Crippen molar-refractivity contribution >= 4 is 0 Å².